The van der Waals surface area contributed by atoms with E-state index in [1.165, 1.54) is 12.2 Å². The van der Waals surface area contributed by atoms with Crippen molar-refractivity contribution in [3.8, 4) is 5.75 Å². The Bertz CT molecular complexity index is 381. The van der Waals surface area contributed by atoms with E-state index < -0.39 is 12.1 Å². The number of hydrogen-bond acceptors (Lipinski definition) is 4. The molecular formula is C13H16O4. The molecule has 17 heavy (non-hydrogen) atoms. The van der Waals surface area contributed by atoms with Crippen molar-refractivity contribution in [1.29, 1.82) is 0 Å². The molecule has 0 aliphatic rings. The van der Waals surface area contributed by atoms with Gasteiger partial charge >= 0.3 is 5.97 Å². The van der Waals surface area contributed by atoms with E-state index in [1.54, 1.807) is 38.3 Å². The lowest BCUT2D eigenvalue weighted by Crippen LogP contribution is -2.01. The predicted octanol–water partition coefficient (Wildman–Crippen LogP) is 1.85. The van der Waals surface area contributed by atoms with E-state index in [2.05, 4.69) is 0 Å². The Morgan fingerprint density at radius 2 is 2.06 bits per heavy atom. The van der Waals surface area contributed by atoms with Gasteiger partial charge in [0, 0.05) is 6.08 Å². The largest absolute Gasteiger partial charge is 0.497 e. The lowest BCUT2D eigenvalue weighted by Gasteiger charge is -2.06. The van der Waals surface area contributed by atoms with Gasteiger partial charge in [-0.1, -0.05) is 12.1 Å². The molecule has 0 fully saturated rings. The molecule has 0 radical (unpaired) electrons. The first kappa shape index (κ1) is 13.3. The highest BCUT2D eigenvalue weighted by Crippen LogP contribution is 2.18. The molecule has 0 saturated heterocycles. The first-order chi connectivity index (χ1) is 8.17. The number of benzene rings is 1. The summed E-state index contributed by atoms with van der Waals surface area (Å²) in [4.78, 5) is 11.0. The maximum atomic E-state index is 11.0. The first-order valence-electron chi connectivity index (χ1n) is 5.34. The Hall–Kier alpha value is -1.81. The van der Waals surface area contributed by atoms with Crippen LogP contribution in [-0.4, -0.2) is 24.8 Å². The number of hydrogen-bond donors (Lipinski definition) is 1. The van der Waals surface area contributed by atoms with Crippen LogP contribution in [0.4, 0.5) is 0 Å². The van der Waals surface area contributed by atoms with Gasteiger partial charge in [0.2, 0.25) is 0 Å². The second-order valence-corrected chi connectivity index (χ2v) is 3.33. The van der Waals surface area contributed by atoms with E-state index in [9.17, 15) is 9.90 Å². The number of ether oxygens (including phenoxy) is 2. The van der Waals surface area contributed by atoms with Crippen molar-refractivity contribution < 1.29 is 19.4 Å². The highest BCUT2D eigenvalue weighted by molar-refractivity contribution is 5.81. The topological polar surface area (TPSA) is 55.8 Å². The standard InChI is InChI=1S/C13H16O4/c1-3-17-13(15)9-8-12(14)10-4-6-11(16-2)7-5-10/h4-9,12,14H,3H2,1-2H3/b9-8+/t12-/m0/s1. The molecule has 0 unspecified atom stereocenters. The van der Waals surface area contributed by atoms with Crippen LogP contribution in [0, 0.1) is 0 Å². The predicted molar refractivity (Wildman–Crippen MR) is 63.7 cm³/mol. The van der Waals surface area contributed by atoms with E-state index in [0.717, 1.165) is 5.75 Å². The van der Waals surface area contributed by atoms with Gasteiger partial charge in [0.25, 0.3) is 0 Å². The van der Waals surface area contributed by atoms with E-state index >= 15 is 0 Å². The summed E-state index contributed by atoms with van der Waals surface area (Å²) in [6.45, 7) is 2.05. The zero-order valence-corrected chi connectivity index (χ0v) is 9.92. The normalized spacial score (nSPS) is 12.4. The van der Waals surface area contributed by atoms with Gasteiger partial charge in [0.15, 0.2) is 0 Å². The number of esters is 1. The van der Waals surface area contributed by atoms with Crippen LogP contribution in [0.25, 0.3) is 0 Å². The van der Waals surface area contributed by atoms with Crippen molar-refractivity contribution in [1.82, 2.24) is 0 Å². The minimum atomic E-state index is -0.828. The summed E-state index contributed by atoms with van der Waals surface area (Å²) in [6, 6.07) is 6.96. The third-order valence-electron chi connectivity index (χ3n) is 2.16. The van der Waals surface area contributed by atoms with Gasteiger partial charge in [-0.3, -0.25) is 0 Å². The molecular weight excluding hydrogens is 220 g/mol. The molecule has 92 valence electrons. The quantitative estimate of drug-likeness (QED) is 0.626. The average Bonchev–Trinajstić information content (AvgIpc) is 2.36. The lowest BCUT2D eigenvalue weighted by atomic mass is 10.1. The molecule has 4 heteroatoms. The van der Waals surface area contributed by atoms with E-state index in [-0.39, 0.29) is 0 Å². The van der Waals surface area contributed by atoms with Crippen molar-refractivity contribution >= 4 is 5.97 Å². The molecule has 1 atom stereocenters. The van der Waals surface area contributed by atoms with Crippen LogP contribution in [0.15, 0.2) is 36.4 Å². The van der Waals surface area contributed by atoms with Gasteiger partial charge in [0.1, 0.15) is 5.75 Å². The van der Waals surface area contributed by atoms with Gasteiger partial charge < -0.3 is 14.6 Å². The zero-order chi connectivity index (χ0) is 12.7. The fourth-order valence-corrected chi connectivity index (χ4v) is 1.27. The van der Waals surface area contributed by atoms with Gasteiger partial charge in [-0.15, -0.1) is 0 Å². The Morgan fingerprint density at radius 3 is 2.59 bits per heavy atom. The van der Waals surface area contributed by atoms with Gasteiger partial charge in [-0.05, 0) is 30.7 Å². The molecule has 0 spiro atoms. The van der Waals surface area contributed by atoms with Crippen molar-refractivity contribution in [2.24, 2.45) is 0 Å². The summed E-state index contributed by atoms with van der Waals surface area (Å²) in [7, 11) is 1.58. The van der Waals surface area contributed by atoms with Crippen molar-refractivity contribution in [3.05, 3.63) is 42.0 Å². The van der Waals surface area contributed by atoms with Gasteiger partial charge in [-0.25, -0.2) is 4.79 Å². The third kappa shape index (κ3) is 4.28. The minimum Gasteiger partial charge on any atom is -0.497 e. The van der Waals surface area contributed by atoms with Crippen molar-refractivity contribution in [3.63, 3.8) is 0 Å². The number of carbonyl (C=O) groups is 1. The second-order valence-electron chi connectivity index (χ2n) is 3.33. The molecule has 1 rings (SSSR count). The molecule has 0 aliphatic carbocycles. The molecule has 1 aromatic rings. The summed E-state index contributed by atoms with van der Waals surface area (Å²) < 4.78 is 9.71. The molecule has 1 N–H and O–H groups in total. The van der Waals surface area contributed by atoms with Crippen LogP contribution in [0.2, 0.25) is 0 Å². The Morgan fingerprint density at radius 1 is 1.41 bits per heavy atom. The van der Waals surface area contributed by atoms with Gasteiger partial charge in [0.05, 0.1) is 19.8 Å². The van der Waals surface area contributed by atoms with Crippen LogP contribution in [0.3, 0.4) is 0 Å². The highest BCUT2D eigenvalue weighted by atomic mass is 16.5. The number of carbonyl (C=O) groups excluding carboxylic acids is 1. The Balaban J connectivity index is 2.62. The van der Waals surface area contributed by atoms with Gasteiger partial charge in [-0.2, -0.15) is 0 Å². The maximum Gasteiger partial charge on any atom is 0.330 e. The molecule has 1 aromatic carbocycles. The SMILES string of the molecule is CCOC(=O)/C=C/[C@H](O)c1ccc(OC)cc1. The number of rotatable bonds is 5. The second kappa shape index (κ2) is 6.70. The summed E-state index contributed by atoms with van der Waals surface area (Å²) in [6.07, 6.45) is 1.78. The molecule has 0 amide bonds. The summed E-state index contributed by atoms with van der Waals surface area (Å²) >= 11 is 0. The molecule has 4 nitrogen and oxygen atoms in total. The van der Waals surface area contributed by atoms with Crippen LogP contribution < -0.4 is 4.74 Å². The zero-order valence-electron chi connectivity index (χ0n) is 9.92. The number of aliphatic hydroxyl groups excluding tert-OH is 1. The maximum absolute atomic E-state index is 11.0. The van der Waals surface area contributed by atoms with E-state index in [4.69, 9.17) is 9.47 Å². The summed E-state index contributed by atoms with van der Waals surface area (Å²) in [5.74, 6) is 0.260. The fraction of sp³-hybridized carbons (Fsp3) is 0.308. The number of methoxy groups -OCH3 is 1. The molecule has 0 bridgehead atoms. The minimum absolute atomic E-state index is 0.321. The fourth-order valence-electron chi connectivity index (χ4n) is 1.27. The Kier molecular flexibility index (Phi) is 5.23. The van der Waals surface area contributed by atoms with Crippen LogP contribution in [0.5, 0.6) is 5.75 Å². The van der Waals surface area contributed by atoms with E-state index in [1.807, 2.05) is 0 Å². The molecule has 0 aliphatic heterocycles. The Labute approximate surface area is 100 Å². The molecule has 0 heterocycles. The van der Waals surface area contributed by atoms with Crippen molar-refractivity contribution in [2.75, 3.05) is 13.7 Å². The summed E-state index contributed by atoms with van der Waals surface area (Å²) in [5, 5.41) is 9.77. The molecule has 0 saturated carbocycles. The third-order valence-corrected chi connectivity index (χ3v) is 2.16. The van der Waals surface area contributed by atoms with Crippen molar-refractivity contribution in [2.45, 2.75) is 13.0 Å². The summed E-state index contributed by atoms with van der Waals surface area (Å²) in [5.41, 5.74) is 0.686. The number of aliphatic hydroxyl groups is 1. The lowest BCUT2D eigenvalue weighted by molar-refractivity contribution is -0.137. The smallest absolute Gasteiger partial charge is 0.330 e. The van der Waals surface area contributed by atoms with Crippen LogP contribution in [-0.2, 0) is 9.53 Å². The van der Waals surface area contributed by atoms with E-state index in [0.29, 0.717) is 12.2 Å². The molecule has 0 aromatic heterocycles. The average molecular weight is 236 g/mol. The first-order valence-corrected chi connectivity index (χ1v) is 5.34. The monoisotopic (exact) mass is 236 g/mol. The van der Waals surface area contributed by atoms with Crippen LogP contribution >= 0.6 is 0 Å². The van der Waals surface area contributed by atoms with Crippen LogP contribution in [0.1, 0.15) is 18.6 Å². The highest BCUT2D eigenvalue weighted by Gasteiger charge is 2.04.